The number of carbonyl (C=O) groups excluding carboxylic acids is 1. The van der Waals surface area contributed by atoms with Crippen molar-refractivity contribution in [3.05, 3.63) is 124 Å². The van der Waals surface area contributed by atoms with Crippen LogP contribution in [0.1, 0.15) is 36.6 Å². The number of hydrogen-bond donors (Lipinski definition) is 0. The molecule has 0 unspecified atom stereocenters. The molecule has 2 aliphatic heterocycles. The summed E-state index contributed by atoms with van der Waals surface area (Å²) in [5.41, 5.74) is 3.02. The highest BCUT2D eigenvalue weighted by molar-refractivity contribution is 14.1. The first kappa shape index (κ1) is 31.0. The summed E-state index contributed by atoms with van der Waals surface area (Å²) in [7, 11) is 1.60. The average molecular weight is 761 g/mol. The Bertz CT molecular complexity index is 2270. The van der Waals surface area contributed by atoms with Crippen LogP contribution in [-0.2, 0) is 16.1 Å². The number of benzene rings is 4. The summed E-state index contributed by atoms with van der Waals surface area (Å²) < 4.78 is 31.4. The SMILES string of the molecule is CCOC(=O)C1=C(C)N=c2s/c(=C\c3cc(I)c(OCc4cccc5ccccc45)c(OC)c3)c(=O)n2[C@H]1c1ccc2c(c1)OCO2. The second-order valence-electron chi connectivity index (χ2n) is 10.9. The summed E-state index contributed by atoms with van der Waals surface area (Å²) in [6, 6.07) is 22.8. The number of rotatable bonds is 8. The number of methoxy groups -OCH3 is 1. The van der Waals surface area contributed by atoms with Gasteiger partial charge in [0.2, 0.25) is 6.79 Å². The Hall–Kier alpha value is -4.62. The zero-order chi connectivity index (χ0) is 32.7. The first-order valence-corrected chi connectivity index (χ1v) is 16.8. The molecule has 0 spiro atoms. The standard InChI is InChI=1S/C36H29IN2O7S/c1-4-43-35(41)31-20(2)38-36-39(32(31)23-12-13-27-28(17-23)46-19-45-27)34(40)30(47-36)16-21-14-26(37)33(29(15-21)42-3)44-18-24-10-7-9-22-8-5-6-11-25(22)24/h5-17,32H,4,18-19H2,1-3H3/b30-16-/t32-/m0/s1. The number of halogens is 1. The molecule has 0 bridgehead atoms. The maximum atomic E-state index is 14.1. The van der Waals surface area contributed by atoms with Crippen LogP contribution in [-0.4, -0.2) is 31.0 Å². The van der Waals surface area contributed by atoms with Crippen LogP contribution in [0.15, 0.2) is 93.9 Å². The Balaban J connectivity index is 1.27. The fraction of sp³-hybridized carbons (Fsp3) is 0.194. The Morgan fingerprint density at radius 3 is 2.72 bits per heavy atom. The normalized spacial score (nSPS) is 15.4. The minimum Gasteiger partial charge on any atom is -0.493 e. The Kier molecular flexibility index (Phi) is 8.50. The van der Waals surface area contributed by atoms with Crippen molar-refractivity contribution in [1.82, 2.24) is 4.57 Å². The molecule has 238 valence electrons. The molecule has 7 rings (SSSR count). The minimum atomic E-state index is -0.763. The molecule has 0 saturated heterocycles. The highest BCUT2D eigenvalue weighted by atomic mass is 127. The van der Waals surface area contributed by atoms with Crippen molar-refractivity contribution < 1.29 is 28.5 Å². The average Bonchev–Trinajstić information content (AvgIpc) is 3.66. The van der Waals surface area contributed by atoms with Gasteiger partial charge in [0, 0.05) is 0 Å². The molecular formula is C36H29IN2O7S. The van der Waals surface area contributed by atoms with Gasteiger partial charge in [-0.3, -0.25) is 9.36 Å². The predicted octanol–water partition coefficient (Wildman–Crippen LogP) is 5.87. The van der Waals surface area contributed by atoms with Crippen molar-refractivity contribution in [3.63, 3.8) is 0 Å². The fourth-order valence-electron chi connectivity index (χ4n) is 5.87. The molecule has 0 N–H and O–H groups in total. The van der Waals surface area contributed by atoms with Crippen molar-refractivity contribution in [1.29, 1.82) is 0 Å². The first-order chi connectivity index (χ1) is 22.9. The van der Waals surface area contributed by atoms with E-state index in [9.17, 15) is 9.59 Å². The lowest BCUT2D eigenvalue weighted by Gasteiger charge is -2.24. The van der Waals surface area contributed by atoms with E-state index in [-0.39, 0.29) is 19.0 Å². The second kappa shape index (κ2) is 12.9. The molecule has 47 heavy (non-hydrogen) atoms. The van der Waals surface area contributed by atoms with Gasteiger partial charge in [0.15, 0.2) is 27.8 Å². The fourth-order valence-corrected chi connectivity index (χ4v) is 7.70. The minimum absolute atomic E-state index is 0.108. The van der Waals surface area contributed by atoms with E-state index in [2.05, 4.69) is 51.8 Å². The van der Waals surface area contributed by atoms with Gasteiger partial charge in [-0.05, 0) is 94.2 Å². The summed E-state index contributed by atoms with van der Waals surface area (Å²) in [6.07, 6.45) is 1.81. The van der Waals surface area contributed by atoms with Gasteiger partial charge in [-0.2, -0.15) is 0 Å². The van der Waals surface area contributed by atoms with Crippen LogP contribution in [0, 0.1) is 3.57 Å². The summed E-state index contributed by atoms with van der Waals surface area (Å²) in [5.74, 6) is 1.80. The zero-order valence-electron chi connectivity index (χ0n) is 25.7. The molecule has 1 aromatic heterocycles. The lowest BCUT2D eigenvalue weighted by molar-refractivity contribution is -0.139. The van der Waals surface area contributed by atoms with Gasteiger partial charge in [-0.25, -0.2) is 9.79 Å². The summed E-state index contributed by atoms with van der Waals surface area (Å²) in [6.45, 7) is 4.17. The molecule has 11 heteroatoms. The van der Waals surface area contributed by atoms with Crippen molar-refractivity contribution >= 4 is 56.7 Å². The van der Waals surface area contributed by atoms with Crippen LogP contribution in [0.25, 0.3) is 16.8 Å². The van der Waals surface area contributed by atoms with Crippen LogP contribution in [0.5, 0.6) is 23.0 Å². The molecule has 0 radical (unpaired) electrons. The number of hydrogen-bond acceptors (Lipinski definition) is 9. The first-order valence-electron chi connectivity index (χ1n) is 14.9. The predicted molar refractivity (Wildman–Crippen MR) is 187 cm³/mol. The largest absolute Gasteiger partial charge is 0.493 e. The highest BCUT2D eigenvalue weighted by Gasteiger charge is 2.34. The Morgan fingerprint density at radius 2 is 1.89 bits per heavy atom. The highest BCUT2D eigenvalue weighted by Crippen LogP contribution is 2.39. The van der Waals surface area contributed by atoms with Gasteiger partial charge < -0.3 is 23.7 Å². The number of ether oxygens (including phenoxy) is 5. The Labute approximate surface area is 287 Å². The number of esters is 1. The van der Waals surface area contributed by atoms with Gasteiger partial charge in [0.05, 0.1) is 39.1 Å². The number of nitrogens with zero attached hydrogens (tertiary/aromatic N) is 2. The van der Waals surface area contributed by atoms with Gasteiger partial charge in [-0.15, -0.1) is 0 Å². The summed E-state index contributed by atoms with van der Waals surface area (Å²) >= 11 is 3.48. The van der Waals surface area contributed by atoms with E-state index in [1.54, 1.807) is 37.7 Å². The van der Waals surface area contributed by atoms with Crippen molar-refractivity contribution in [2.45, 2.75) is 26.5 Å². The molecule has 0 aliphatic carbocycles. The van der Waals surface area contributed by atoms with E-state index in [0.717, 1.165) is 25.5 Å². The van der Waals surface area contributed by atoms with Gasteiger partial charge in [0.25, 0.3) is 5.56 Å². The van der Waals surface area contributed by atoms with Crippen molar-refractivity contribution in [3.8, 4) is 23.0 Å². The molecule has 0 saturated carbocycles. The molecule has 0 amide bonds. The van der Waals surface area contributed by atoms with Crippen LogP contribution >= 0.6 is 33.9 Å². The third-order valence-electron chi connectivity index (χ3n) is 8.03. The molecule has 3 heterocycles. The van der Waals surface area contributed by atoms with Crippen LogP contribution in [0.3, 0.4) is 0 Å². The van der Waals surface area contributed by atoms with Crippen LogP contribution in [0.2, 0.25) is 0 Å². The number of aromatic nitrogens is 1. The molecule has 4 aromatic carbocycles. The van der Waals surface area contributed by atoms with Gasteiger partial charge in [0.1, 0.15) is 6.61 Å². The van der Waals surface area contributed by atoms with Gasteiger partial charge >= 0.3 is 5.97 Å². The number of fused-ring (bicyclic) bond motifs is 3. The molecule has 5 aromatic rings. The van der Waals surface area contributed by atoms with E-state index in [0.29, 0.717) is 55.8 Å². The van der Waals surface area contributed by atoms with Crippen LogP contribution in [0.4, 0.5) is 0 Å². The molecule has 9 nitrogen and oxygen atoms in total. The molecular weight excluding hydrogens is 731 g/mol. The quantitative estimate of drug-likeness (QED) is 0.144. The van der Waals surface area contributed by atoms with Crippen molar-refractivity contribution in [2.24, 2.45) is 4.99 Å². The monoisotopic (exact) mass is 760 g/mol. The zero-order valence-corrected chi connectivity index (χ0v) is 28.7. The van der Waals surface area contributed by atoms with Gasteiger partial charge in [-0.1, -0.05) is 59.9 Å². The van der Waals surface area contributed by atoms with Crippen LogP contribution < -0.4 is 33.8 Å². The topological polar surface area (TPSA) is 97.6 Å². The van der Waals surface area contributed by atoms with E-state index in [1.165, 1.54) is 11.3 Å². The smallest absolute Gasteiger partial charge is 0.338 e. The number of allylic oxidation sites excluding steroid dienone is 1. The Morgan fingerprint density at radius 1 is 1.09 bits per heavy atom. The maximum absolute atomic E-state index is 14.1. The number of carbonyl (C=O) groups is 1. The van der Waals surface area contributed by atoms with E-state index < -0.39 is 12.0 Å². The maximum Gasteiger partial charge on any atom is 0.338 e. The lowest BCUT2D eigenvalue weighted by atomic mass is 9.95. The molecule has 2 aliphatic rings. The molecule has 0 fully saturated rings. The molecule has 1 atom stereocenters. The van der Waals surface area contributed by atoms with E-state index >= 15 is 0 Å². The second-order valence-corrected chi connectivity index (χ2v) is 13.0. The van der Waals surface area contributed by atoms with E-state index in [1.807, 2.05) is 42.5 Å². The summed E-state index contributed by atoms with van der Waals surface area (Å²) in [5, 5.41) is 2.29. The third kappa shape index (κ3) is 5.78. The lowest BCUT2D eigenvalue weighted by Crippen LogP contribution is -2.39. The number of thiazole rings is 1. The van der Waals surface area contributed by atoms with E-state index in [4.69, 9.17) is 23.7 Å². The third-order valence-corrected chi connectivity index (χ3v) is 9.82. The van der Waals surface area contributed by atoms with Crippen molar-refractivity contribution in [2.75, 3.05) is 20.5 Å². The summed E-state index contributed by atoms with van der Waals surface area (Å²) in [4.78, 5) is 32.5.